The number of phenols is 1. The molecule has 0 spiro atoms. The SMILES string of the molecule is CC(C)CN1Cc2ccc(O)cc2C(OCCCC(F)(F)F)=C1C(NC(=O)O)C(C)(C)C. The minimum absolute atomic E-state index is 0.00435. The van der Waals surface area contributed by atoms with Crippen LogP contribution in [0, 0.1) is 11.3 Å². The highest BCUT2D eigenvalue weighted by Gasteiger charge is 2.39. The van der Waals surface area contributed by atoms with Crippen molar-refractivity contribution in [3.63, 3.8) is 0 Å². The number of hydrogen-bond donors (Lipinski definition) is 3. The second-order valence-corrected chi connectivity index (χ2v) is 9.65. The number of halogens is 3. The number of fused-ring (bicyclic) bond motifs is 1. The average Bonchev–Trinajstić information content (AvgIpc) is 2.61. The molecule has 1 aromatic rings. The fourth-order valence-electron chi connectivity index (χ4n) is 3.82. The zero-order valence-electron chi connectivity index (χ0n) is 19.2. The van der Waals surface area contributed by atoms with Gasteiger partial charge in [0, 0.05) is 25.1 Å². The molecule has 0 saturated heterocycles. The Morgan fingerprint density at radius 3 is 2.44 bits per heavy atom. The third kappa shape index (κ3) is 6.97. The molecule has 1 aromatic carbocycles. The molecule has 0 bridgehead atoms. The second-order valence-electron chi connectivity index (χ2n) is 9.65. The Kier molecular flexibility index (Phi) is 7.96. The molecule has 9 heteroatoms. The van der Waals surface area contributed by atoms with Crippen LogP contribution in [0.2, 0.25) is 0 Å². The zero-order valence-corrected chi connectivity index (χ0v) is 19.2. The highest BCUT2D eigenvalue weighted by atomic mass is 19.4. The van der Waals surface area contributed by atoms with Crippen molar-refractivity contribution in [3.05, 3.63) is 35.0 Å². The predicted molar refractivity (Wildman–Crippen MR) is 116 cm³/mol. The lowest BCUT2D eigenvalue weighted by molar-refractivity contribution is -0.136. The van der Waals surface area contributed by atoms with E-state index in [0.717, 1.165) is 5.56 Å². The van der Waals surface area contributed by atoms with Gasteiger partial charge >= 0.3 is 12.3 Å². The Morgan fingerprint density at radius 2 is 1.91 bits per heavy atom. The summed E-state index contributed by atoms with van der Waals surface area (Å²) in [5.41, 5.74) is 1.42. The van der Waals surface area contributed by atoms with Gasteiger partial charge in [-0.05, 0) is 35.4 Å². The van der Waals surface area contributed by atoms with E-state index in [1.165, 1.54) is 6.07 Å². The van der Waals surface area contributed by atoms with Crippen molar-refractivity contribution >= 4 is 11.9 Å². The van der Waals surface area contributed by atoms with Crippen LogP contribution in [-0.2, 0) is 11.3 Å². The first-order valence-electron chi connectivity index (χ1n) is 10.7. The summed E-state index contributed by atoms with van der Waals surface area (Å²) in [6.45, 7) is 10.6. The summed E-state index contributed by atoms with van der Waals surface area (Å²) < 4.78 is 43.9. The van der Waals surface area contributed by atoms with Gasteiger partial charge < -0.3 is 25.2 Å². The molecular formula is C23H33F3N2O4. The first-order chi connectivity index (χ1) is 14.7. The molecule has 1 aliphatic heterocycles. The van der Waals surface area contributed by atoms with E-state index in [4.69, 9.17) is 4.74 Å². The number of phenolic OH excluding ortho intramolecular Hbond substituents is 1. The number of nitrogens with one attached hydrogen (secondary N) is 1. The van der Waals surface area contributed by atoms with Gasteiger partial charge in [0.25, 0.3) is 0 Å². The summed E-state index contributed by atoms with van der Waals surface area (Å²) in [4.78, 5) is 13.7. The maximum Gasteiger partial charge on any atom is 0.405 e. The van der Waals surface area contributed by atoms with Gasteiger partial charge in [0.2, 0.25) is 0 Å². The van der Waals surface area contributed by atoms with Gasteiger partial charge in [-0.2, -0.15) is 13.2 Å². The van der Waals surface area contributed by atoms with E-state index in [1.807, 2.05) is 39.5 Å². The molecule has 3 N–H and O–H groups in total. The molecule has 0 radical (unpaired) electrons. The number of aromatic hydroxyl groups is 1. The minimum atomic E-state index is -4.29. The van der Waals surface area contributed by atoms with Gasteiger partial charge in [0.05, 0.1) is 18.3 Å². The number of nitrogens with zero attached hydrogens (tertiary/aromatic N) is 1. The smallest absolute Gasteiger partial charge is 0.405 e. The molecule has 1 heterocycles. The zero-order chi connectivity index (χ0) is 24.3. The van der Waals surface area contributed by atoms with Gasteiger partial charge in [-0.25, -0.2) is 4.79 Å². The fourth-order valence-corrected chi connectivity index (χ4v) is 3.82. The minimum Gasteiger partial charge on any atom is -0.508 e. The van der Waals surface area contributed by atoms with E-state index in [2.05, 4.69) is 5.32 Å². The molecule has 1 aliphatic rings. The standard InChI is InChI=1S/C23H33F3N2O4/c1-14(2)12-28-13-15-7-8-16(29)11-17(15)19(32-10-6-9-23(24,25)26)18(28)20(22(3,4)5)27-21(30)31/h7-8,11,14,20,27,29H,6,9-10,12-13H2,1-5H3,(H,30,31). The third-order valence-corrected chi connectivity index (χ3v) is 5.12. The van der Waals surface area contributed by atoms with Gasteiger partial charge in [-0.1, -0.05) is 40.7 Å². The Morgan fingerprint density at radius 1 is 1.25 bits per heavy atom. The number of hydrogen-bond acceptors (Lipinski definition) is 4. The lowest BCUT2D eigenvalue weighted by Gasteiger charge is -2.43. The van der Waals surface area contributed by atoms with Crippen molar-refractivity contribution in [1.82, 2.24) is 10.2 Å². The van der Waals surface area contributed by atoms with Crippen LogP contribution in [0.25, 0.3) is 5.76 Å². The van der Waals surface area contributed by atoms with E-state index < -0.39 is 30.1 Å². The van der Waals surface area contributed by atoms with Crippen molar-refractivity contribution in [3.8, 4) is 5.75 Å². The molecule has 180 valence electrons. The number of benzene rings is 1. The first kappa shape index (κ1) is 25.7. The summed E-state index contributed by atoms with van der Waals surface area (Å²) in [6.07, 6.45) is -6.70. The first-order valence-corrected chi connectivity index (χ1v) is 10.7. The highest BCUT2D eigenvalue weighted by Crippen LogP contribution is 2.40. The lowest BCUT2D eigenvalue weighted by atomic mass is 9.81. The lowest BCUT2D eigenvalue weighted by Crippen LogP contribution is -2.50. The number of amides is 1. The van der Waals surface area contributed by atoms with Gasteiger partial charge in [0.1, 0.15) is 11.5 Å². The molecule has 0 aliphatic carbocycles. The fraction of sp³-hybridized carbons (Fsp3) is 0.609. The summed E-state index contributed by atoms with van der Waals surface area (Å²) >= 11 is 0. The normalized spacial score (nSPS) is 15.6. The number of alkyl halides is 3. The van der Waals surface area contributed by atoms with Crippen LogP contribution < -0.4 is 5.32 Å². The number of rotatable bonds is 8. The van der Waals surface area contributed by atoms with Crippen LogP contribution in [0.3, 0.4) is 0 Å². The molecule has 0 saturated carbocycles. The van der Waals surface area contributed by atoms with E-state index in [0.29, 0.717) is 30.1 Å². The summed E-state index contributed by atoms with van der Waals surface area (Å²) in [7, 11) is 0. The molecule has 0 aromatic heterocycles. The maximum atomic E-state index is 12.6. The Balaban J connectivity index is 2.62. The van der Waals surface area contributed by atoms with Crippen LogP contribution in [0.4, 0.5) is 18.0 Å². The van der Waals surface area contributed by atoms with Crippen molar-refractivity contribution in [2.75, 3.05) is 13.2 Å². The van der Waals surface area contributed by atoms with E-state index in [-0.39, 0.29) is 24.7 Å². The van der Waals surface area contributed by atoms with Crippen molar-refractivity contribution in [2.45, 2.75) is 66.2 Å². The molecule has 6 nitrogen and oxygen atoms in total. The highest BCUT2D eigenvalue weighted by molar-refractivity contribution is 5.72. The summed E-state index contributed by atoms with van der Waals surface area (Å²) in [6, 6.07) is 4.13. The molecular weight excluding hydrogens is 425 g/mol. The van der Waals surface area contributed by atoms with Crippen LogP contribution in [0.1, 0.15) is 58.6 Å². The Labute approximate surface area is 187 Å². The third-order valence-electron chi connectivity index (χ3n) is 5.12. The topological polar surface area (TPSA) is 82.0 Å². The maximum absolute atomic E-state index is 12.6. The molecule has 0 fully saturated rings. The second kappa shape index (κ2) is 9.92. The van der Waals surface area contributed by atoms with E-state index in [9.17, 15) is 28.2 Å². The van der Waals surface area contributed by atoms with Crippen LogP contribution in [0.15, 0.2) is 23.9 Å². The summed E-state index contributed by atoms with van der Waals surface area (Å²) in [5, 5.41) is 22.2. The quantitative estimate of drug-likeness (QED) is 0.444. The Hall–Kier alpha value is -2.58. The van der Waals surface area contributed by atoms with E-state index >= 15 is 0 Å². The number of carbonyl (C=O) groups is 1. The largest absolute Gasteiger partial charge is 0.508 e. The Bertz CT molecular complexity index is 845. The molecule has 1 amide bonds. The summed E-state index contributed by atoms with van der Waals surface area (Å²) in [5.74, 6) is 0.537. The van der Waals surface area contributed by atoms with Gasteiger partial charge in [-0.15, -0.1) is 0 Å². The number of ether oxygens (including phenoxy) is 1. The van der Waals surface area contributed by atoms with Crippen molar-refractivity contribution < 1.29 is 32.9 Å². The number of carboxylic acid groups (broad SMARTS) is 1. The molecule has 2 rings (SSSR count). The molecule has 1 unspecified atom stereocenters. The molecule has 32 heavy (non-hydrogen) atoms. The molecule has 1 atom stereocenters. The van der Waals surface area contributed by atoms with E-state index in [1.54, 1.807) is 12.1 Å². The van der Waals surface area contributed by atoms with Crippen LogP contribution in [0.5, 0.6) is 5.75 Å². The van der Waals surface area contributed by atoms with Crippen LogP contribution >= 0.6 is 0 Å². The van der Waals surface area contributed by atoms with Crippen LogP contribution in [-0.4, -0.2) is 46.6 Å². The average molecular weight is 459 g/mol. The van der Waals surface area contributed by atoms with Gasteiger partial charge in [0.15, 0.2) is 0 Å². The predicted octanol–water partition coefficient (Wildman–Crippen LogP) is 5.57. The van der Waals surface area contributed by atoms with Crippen molar-refractivity contribution in [2.24, 2.45) is 11.3 Å². The monoisotopic (exact) mass is 458 g/mol. The van der Waals surface area contributed by atoms with Crippen molar-refractivity contribution in [1.29, 1.82) is 0 Å². The van der Waals surface area contributed by atoms with Gasteiger partial charge in [-0.3, -0.25) is 0 Å².